The van der Waals surface area contributed by atoms with Crippen LogP contribution < -0.4 is 15.4 Å². The standard InChI is InChI=1S/C14H20F3N3O/c1-3-18-13(19-4-2)20-8-9-21-12-7-5-6-11(10-12)14(15,16)17/h5-7,10H,3-4,8-9H2,1-2H3,(H2,18,19,20). The molecular weight excluding hydrogens is 283 g/mol. The van der Waals surface area contributed by atoms with Gasteiger partial charge in [-0.15, -0.1) is 0 Å². The molecule has 0 atom stereocenters. The molecule has 0 spiro atoms. The lowest BCUT2D eigenvalue weighted by Gasteiger charge is -2.11. The minimum Gasteiger partial charge on any atom is -0.492 e. The number of benzene rings is 1. The fourth-order valence-corrected chi connectivity index (χ4v) is 1.59. The summed E-state index contributed by atoms with van der Waals surface area (Å²) in [7, 11) is 0. The van der Waals surface area contributed by atoms with E-state index < -0.39 is 11.7 Å². The quantitative estimate of drug-likeness (QED) is 0.482. The zero-order valence-electron chi connectivity index (χ0n) is 12.1. The summed E-state index contributed by atoms with van der Waals surface area (Å²) in [6.45, 7) is 5.94. The highest BCUT2D eigenvalue weighted by Gasteiger charge is 2.30. The van der Waals surface area contributed by atoms with E-state index in [2.05, 4.69) is 15.6 Å². The lowest BCUT2D eigenvalue weighted by Crippen LogP contribution is -2.37. The monoisotopic (exact) mass is 303 g/mol. The first-order valence-corrected chi connectivity index (χ1v) is 6.79. The van der Waals surface area contributed by atoms with Crippen molar-refractivity contribution in [3.63, 3.8) is 0 Å². The number of alkyl halides is 3. The largest absolute Gasteiger partial charge is 0.492 e. The van der Waals surface area contributed by atoms with Crippen molar-refractivity contribution in [2.75, 3.05) is 26.2 Å². The Hall–Kier alpha value is -1.92. The Morgan fingerprint density at radius 2 is 1.86 bits per heavy atom. The minimum atomic E-state index is -4.36. The maximum absolute atomic E-state index is 12.5. The number of aliphatic imine (C=N–C) groups is 1. The van der Waals surface area contributed by atoms with Crippen molar-refractivity contribution in [1.29, 1.82) is 0 Å². The van der Waals surface area contributed by atoms with Gasteiger partial charge in [-0.3, -0.25) is 0 Å². The molecule has 21 heavy (non-hydrogen) atoms. The van der Waals surface area contributed by atoms with E-state index >= 15 is 0 Å². The molecule has 0 unspecified atom stereocenters. The SMILES string of the molecule is CCNC(=NCCOc1cccc(C(F)(F)F)c1)NCC. The van der Waals surface area contributed by atoms with Crippen LogP contribution in [0.2, 0.25) is 0 Å². The molecule has 1 aromatic carbocycles. The Balaban J connectivity index is 2.50. The number of hydrogen-bond donors (Lipinski definition) is 2. The predicted molar refractivity (Wildman–Crippen MR) is 76.6 cm³/mol. The van der Waals surface area contributed by atoms with Gasteiger partial charge in [-0.25, -0.2) is 4.99 Å². The van der Waals surface area contributed by atoms with E-state index in [0.717, 1.165) is 25.2 Å². The Morgan fingerprint density at radius 1 is 1.19 bits per heavy atom. The van der Waals surface area contributed by atoms with Crippen LogP contribution in [0.4, 0.5) is 13.2 Å². The number of guanidine groups is 1. The van der Waals surface area contributed by atoms with Crippen LogP contribution in [0, 0.1) is 0 Å². The van der Waals surface area contributed by atoms with Gasteiger partial charge in [-0.1, -0.05) is 6.07 Å². The van der Waals surface area contributed by atoms with Crippen LogP contribution in [0.15, 0.2) is 29.3 Å². The van der Waals surface area contributed by atoms with Crippen molar-refractivity contribution in [3.05, 3.63) is 29.8 Å². The molecule has 0 saturated heterocycles. The summed E-state index contributed by atoms with van der Waals surface area (Å²) in [6.07, 6.45) is -4.36. The maximum Gasteiger partial charge on any atom is 0.416 e. The van der Waals surface area contributed by atoms with E-state index in [1.54, 1.807) is 0 Å². The first-order valence-electron chi connectivity index (χ1n) is 6.79. The molecule has 0 saturated carbocycles. The van der Waals surface area contributed by atoms with Gasteiger partial charge in [0.15, 0.2) is 5.96 Å². The van der Waals surface area contributed by atoms with Gasteiger partial charge < -0.3 is 15.4 Å². The molecule has 0 aromatic heterocycles. The van der Waals surface area contributed by atoms with Gasteiger partial charge in [0.25, 0.3) is 0 Å². The number of nitrogens with one attached hydrogen (secondary N) is 2. The van der Waals surface area contributed by atoms with Crippen molar-refractivity contribution < 1.29 is 17.9 Å². The first kappa shape index (κ1) is 17.1. The van der Waals surface area contributed by atoms with E-state index in [-0.39, 0.29) is 12.4 Å². The van der Waals surface area contributed by atoms with Crippen LogP contribution in [0.3, 0.4) is 0 Å². The molecule has 2 N–H and O–H groups in total. The summed E-state index contributed by atoms with van der Waals surface area (Å²) < 4.78 is 42.9. The summed E-state index contributed by atoms with van der Waals surface area (Å²) in [5.74, 6) is 0.848. The van der Waals surface area contributed by atoms with Gasteiger partial charge >= 0.3 is 6.18 Å². The number of rotatable bonds is 6. The van der Waals surface area contributed by atoms with Gasteiger partial charge in [0.05, 0.1) is 12.1 Å². The van der Waals surface area contributed by atoms with Crippen LogP contribution in [0.1, 0.15) is 19.4 Å². The lowest BCUT2D eigenvalue weighted by atomic mass is 10.2. The third kappa shape index (κ3) is 6.37. The summed E-state index contributed by atoms with van der Waals surface area (Å²) in [4.78, 5) is 4.24. The van der Waals surface area contributed by atoms with E-state index in [4.69, 9.17) is 4.74 Å². The predicted octanol–water partition coefficient (Wildman–Crippen LogP) is 2.66. The van der Waals surface area contributed by atoms with E-state index in [9.17, 15) is 13.2 Å². The van der Waals surface area contributed by atoms with Gasteiger partial charge in [-0.2, -0.15) is 13.2 Å². The van der Waals surface area contributed by atoms with Gasteiger partial charge in [-0.05, 0) is 32.0 Å². The number of halogens is 3. The summed E-state index contributed by atoms with van der Waals surface area (Å²) in [6, 6.07) is 4.82. The van der Waals surface area contributed by atoms with Crippen molar-refractivity contribution >= 4 is 5.96 Å². The highest BCUT2D eigenvalue weighted by atomic mass is 19.4. The van der Waals surface area contributed by atoms with Crippen LogP contribution >= 0.6 is 0 Å². The highest BCUT2D eigenvalue weighted by Crippen LogP contribution is 2.31. The van der Waals surface area contributed by atoms with Crippen LogP contribution in [0.25, 0.3) is 0 Å². The molecule has 0 aliphatic rings. The van der Waals surface area contributed by atoms with Crippen LogP contribution in [-0.4, -0.2) is 32.2 Å². The van der Waals surface area contributed by atoms with Crippen molar-refractivity contribution in [1.82, 2.24) is 10.6 Å². The van der Waals surface area contributed by atoms with Gasteiger partial charge in [0, 0.05) is 13.1 Å². The van der Waals surface area contributed by atoms with Crippen LogP contribution in [0.5, 0.6) is 5.75 Å². The minimum absolute atomic E-state index is 0.188. The third-order valence-corrected chi connectivity index (χ3v) is 2.48. The summed E-state index contributed by atoms with van der Waals surface area (Å²) >= 11 is 0. The molecule has 118 valence electrons. The lowest BCUT2D eigenvalue weighted by molar-refractivity contribution is -0.137. The summed E-state index contributed by atoms with van der Waals surface area (Å²) in [5, 5.41) is 6.09. The van der Waals surface area contributed by atoms with E-state index in [1.165, 1.54) is 12.1 Å². The zero-order valence-corrected chi connectivity index (χ0v) is 12.1. The number of nitrogens with zero attached hydrogens (tertiary/aromatic N) is 1. The Morgan fingerprint density at radius 3 is 2.43 bits per heavy atom. The number of hydrogen-bond acceptors (Lipinski definition) is 2. The molecule has 0 bridgehead atoms. The zero-order chi connectivity index (χ0) is 15.7. The fourth-order valence-electron chi connectivity index (χ4n) is 1.59. The molecule has 4 nitrogen and oxygen atoms in total. The van der Waals surface area contributed by atoms with Gasteiger partial charge in [0.2, 0.25) is 0 Å². The molecule has 1 aromatic rings. The normalized spacial score (nSPS) is 10.9. The Kier molecular flexibility index (Phi) is 6.84. The molecule has 0 heterocycles. The second-order valence-corrected chi connectivity index (χ2v) is 4.17. The molecule has 0 radical (unpaired) electrons. The molecule has 0 amide bonds. The third-order valence-electron chi connectivity index (χ3n) is 2.48. The number of ether oxygens (including phenoxy) is 1. The van der Waals surface area contributed by atoms with E-state index in [0.29, 0.717) is 12.5 Å². The summed E-state index contributed by atoms with van der Waals surface area (Å²) in [5.41, 5.74) is -0.718. The molecule has 0 aliphatic heterocycles. The second-order valence-electron chi connectivity index (χ2n) is 4.17. The fraction of sp³-hybridized carbons (Fsp3) is 0.500. The van der Waals surface area contributed by atoms with Gasteiger partial charge in [0.1, 0.15) is 12.4 Å². The van der Waals surface area contributed by atoms with E-state index in [1.807, 2.05) is 13.8 Å². The van der Waals surface area contributed by atoms with Crippen LogP contribution in [-0.2, 0) is 6.18 Å². The molecule has 7 heteroatoms. The molecule has 1 rings (SSSR count). The second kappa shape index (κ2) is 8.39. The first-order chi connectivity index (χ1) is 9.97. The average Bonchev–Trinajstić information content (AvgIpc) is 2.43. The molecule has 0 fully saturated rings. The van der Waals surface area contributed by atoms with Crippen molar-refractivity contribution in [2.24, 2.45) is 4.99 Å². The molecular formula is C14H20F3N3O. The smallest absolute Gasteiger partial charge is 0.416 e. The highest BCUT2D eigenvalue weighted by molar-refractivity contribution is 5.79. The average molecular weight is 303 g/mol. The van der Waals surface area contributed by atoms with Crippen molar-refractivity contribution in [2.45, 2.75) is 20.0 Å². The Bertz CT molecular complexity index is 453. The maximum atomic E-state index is 12.5. The Labute approximate surface area is 122 Å². The topological polar surface area (TPSA) is 45.7 Å². The molecule has 0 aliphatic carbocycles. The van der Waals surface area contributed by atoms with Crippen molar-refractivity contribution in [3.8, 4) is 5.75 Å².